The molecule has 23 heavy (non-hydrogen) atoms. The summed E-state index contributed by atoms with van der Waals surface area (Å²) in [6.07, 6.45) is 6.30. The molecule has 1 aliphatic rings. The molecule has 2 rings (SSSR count). The number of aromatic nitrogens is 1. The highest BCUT2D eigenvalue weighted by molar-refractivity contribution is 7.12. The predicted molar refractivity (Wildman–Crippen MR) is 95.1 cm³/mol. The quantitative estimate of drug-likeness (QED) is 0.783. The van der Waals surface area contributed by atoms with Crippen LogP contribution < -0.4 is 11.1 Å². The zero-order chi connectivity index (χ0) is 17.4. The highest BCUT2D eigenvalue weighted by atomic mass is 32.1. The van der Waals surface area contributed by atoms with E-state index < -0.39 is 11.9 Å². The predicted octanol–water partition coefficient (Wildman–Crippen LogP) is 2.69. The molecule has 1 atom stereocenters. The van der Waals surface area contributed by atoms with Crippen molar-refractivity contribution >= 4 is 29.7 Å². The first-order valence-corrected chi connectivity index (χ1v) is 8.92. The Balaban J connectivity index is 0.000000816. The maximum atomic E-state index is 11.2. The van der Waals surface area contributed by atoms with Crippen LogP contribution in [-0.2, 0) is 22.4 Å². The Morgan fingerprint density at radius 2 is 2.09 bits per heavy atom. The van der Waals surface area contributed by atoms with Gasteiger partial charge in [0.25, 0.3) is 0 Å². The highest BCUT2D eigenvalue weighted by Crippen LogP contribution is 2.32. The van der Waals surface area contributed by atoms with Crippen LogP contribution in [0.2, 0.25) is 0 Å². The van der Waals surface area contributed by atoms with Gasteiger partial charge in [-0.2, -0.15) is 0 Å². The van der Waals surface area contributed by atoms with E-state index in [2.05, 4.69) is 44.1 Å². The number of primary amides is 1. The zero-order valence-corrected chi connectivity index (χ0v) is 15.2. The monoisotopic (exact) mass is 337 g/mol. The number of carbonyl (C=O) groups excluding carboxylic acids is 2. The maximum absolute atomic E-state index is 11.2. The van der Waals surface area contributed by atoms with Crippen molar-refractivity contribution in [3.63, 3.8) is 0 Å². The molecular formula is C17H27N3O2S. The van der Waals surface area contributed by atoms with Gasteiger partial charge in [0.1, 0.15) is 6.04 Å². The summed E-state index contributed by atoms with van der Waals surface area (Å²) in [7, 11) is 0. The Bertz CT molecular complexity index is 564. The number of carbonyl (C=O) groups is 2. The fourth-order valence-electron chi connectivity index (χ4n) is 2.25. The molecule has 6 heteroatoms. The van der Waals surface area contributed by atoms with Gasteiger partial charge >= 0.3 is 0 Å². The van der Waals surface area contributed by atoms with E-state index >= 15 is 0 Å². The van der Waals surface area contributed by atoms with Crippen molar-refractivity contribution in [2.24, 2.45) is 11.7 Å². The first kappa shape index (κ1) is 19.4. The summed E-state index contributed by atoms with van der Waals surface area (Å²) in [6.45, 7) is 8.63. The third kappa shape index (κ3) is 5.78. The molecule has 5 nitrogen and oxygen atoms in total. The van der Waals surface area contributed by atoms with Crippen molar-refractivity contribution in [2.45, 2.75) is 59.4 Å². The number of amides is 2. The second-order valence-electron chi connectivity index (χ2n) is 5.94. The van der Waals surface area contributed by atoms with Crippen molar-refractivity contribution < 1.29 is 9.59 Å². The average Bonchev–Trinajstić information content (AvgIpc) is 2.88. The molecule has 0 bridgehead atoms. The maximum Gasteiger partial charge on any atom is 0.240 e. The normalized spacial score (nSPS) is 14.2. The molecule has 0 aromatic carbocycles. The third-order valence-corrected chi connectivity index (χ3v) is 4.54. The van der Waals surface area contributed by atoms with Gasteiger partial charge in [-0.05, 0) is 24.8 Å². The molecule has 3 N–H and O–H groups in total. The largest absolute Gasteiger partial charge is 0.368 e. The van der Waals surface area contributed by atoms with Gasteiger partial charge in [-0.25, -0.2) is 4.98 Å². The Morgan fingerprint density at radius 1 is 1.43 bits per heavy atom. The summed E-state index contributed by atoms with van der Waals surface area (Å²) in [5.41, 5.74) is 7.78. The Hall–Kier alpha value is -1.69. The lowest BCUT2D eigenvalue weighted by Crippen LogP contribution is -2.42. The molecular weight excluding hydrogens is 310 g/mol. The Labute approximate surface area is 142 Å². The first-order chi connectivity index (χ1) is 10.9. The fourth-order valence-corrected chi connectivity index (χ4v) is 3.39. The van der Waals surface area contributed by atoms with Gasteiger partial charge in [0.15, 0.2) is 0 Å². The number of hydrogen-bond acceptors (Lipinski definition) is 4. The molecule has 1 unspecified atom stereocenters. The summed E-state index contributed by atoms with van der Waals surface area (Å²) in [4.78, 5) is 27.5. The fraction of sp³-hybridized carbons (Fsp3) is 0.588. The lowest BCUT2D eigenvalue weighted by molar-refractivity contribution is -0.122. The van der Waals surface area contributed by atoms with Crippen LogP contribution >= 0.6 is 11.3 Å². The highest BCUT2D eigenvalue weighted by Gasteiger charge is 2.21. The number of nitrogens with zero attached hydrogens (tertiary/aromatic N) is 1. The van der Waals surface area contributed by atoms with Crippen LogP contribution in [0.15, 0.2) is 5.57 Å². The van der Waals surface area contributed by atoms with Crippen LogP contribution in [0.1, 0.15) is 56.1 Å². The van der Waals surface area contributed by atoms with Crippen LogP contribution in [0, 0.1) is 5.92 Å². The SMILES string of the molecule is CC(C)C1=Cc2sc(CC(NC=O)C(N)=O)nc2CC1.CCC. The van der Waals surface area contributed by atoms with Gasteiger partial charge in [-0.15, -0.1) is 11.3 Å². The smallest absolute Gasteiger partial charge is 0.240 e. The standard InChI is InChI=1S/C14H19N3O2S.C3H8/c1-8(2)9-3-4-10-12(5-9)20-13(17-10)6-11(14(15)19)16-7-18;1-3-2/h5,7-8,11H,3-4,6H2,1-2H3,(H2,15,19)(H,16,18);3H2,1-2H3. The van der Waals surface area contributed by atoms with Crippen LogP contribution in [0.25, 0.3) is 6.08 Å². The van der Waals surface area contributed by atoms with E-state index in [0.717, 1.165) is 23.5 Å². The number of thiazole rings is 1. The number of fused-ring (bicyclic) bond motifs is 1. The summed E-state index contributed by atoms with van der Waals surface area (Å²) >= 11 is 1.58. The van der Waals surface area contributed by atoms with Gasteiger partial charge in [-0.3, -0.25) is 9.59 Å². The Morgan fingerprint density at radius 3 is 2.61 bits per heavy atom. The minimum absolute atomic E-state index is 0.358. The van der Waals surface area contributed by atoms with Gasteiger partial charge in [0, 0.05) is 6.42 Å². The van der Waals surface area contributed by atoms with E-state index in [9.17, 15) is 9.59 Å². The molecule has 128 valence electrons. The number of hydrogen-bond donors (Lipinski definition) is 2. The number of nitrogens with one attached hydrogen (secondary N) is 1. The number of rotatable bonds is 6. The minimum atomic E-state index is -0.686. The lowest BCUT2D eigenvalue weighted by Gasteiger charge is -2.15. The summed E-state index contributed by atoms with van der Waals surface area (Å²) in [5, 5.41) is 3.28. The van der Waals surface area contributed by atoms with Crippen molar-refractivity contribution in [3.05, 3.63) is 21.2 Å². The molecule has 0 aliphatic heterocycles. The van der Waals surface area contributed by atoms with E-state index in [4.69, 9.17) is 5.73 Å². The molecule has 0 saturated heterocycles. The van der Waals surface area contributed by atoms with E-state index in [1.54, 1.807) is 11.3 Å². The number of nitrogens with two attached hydrogens (primary N) is 1. The minimum Gasteiger partial charge on any atom is -0.368 e. The van der Waals surface area contributed by atoms with E-state index in [1.165, 1.54) is 16.9 Å². The molecule has 1 heterocycles. The zero-order valence-electron chi connectivity index (χ0n) is 14.4. The van der Waals surface area contributed by atoms with E-state index in [0.29, 0.717) is 18.7 Å². The van der Waals surface area contributed by atoms with Gasteiger partial charge in [0.05, 0.1) is 15.6 Å². The molecule has 1 aromatic rings. The molecule has 0 radical (unpaired) electrons. The Kier molecular flexibility index (Phi) is 7.95. The molecule has 0 saturated carbocycles. The topological polar surface area (TPSA) is 85.1 Å². The van der Waals surface area contributed by atoms with Gasteiger partial charge < -0.3 is 11.1 Å². The van der Waals surface area contributed by atoms with Gasteiger partial charge in [0.2, 0.25) is 12.3 Å². The summed E-state index contributed by atoms with van der Waals surface area (Å²) in [5.74, 6) is 0.00693. The molecule has 1 aromatic heterocycles. The second kappa shape index (κ2) is 9.45. The molecule has 2 amide bonds. The van der Waals surface area contributed by atoms with Crippen molar-refractivity contribution in [1.29, 1.82) is 0 Å². The summed E-state index contributed by atoms with van der Waals surface area (Å²) in [6, 6.07) is -0.686. The van der Waals surface area contributed by atoms with Crippen molar-refractivity contribution in [2.75, 3.05) is 0 Å². The van der Waals surface area contributed by atoms with Crippen molar-refractivity contribution in [3.8, 4) is 0 Å². The first-order valence-electron chi connectivity index (χ1n) is 8.10. The van der Waals surface area contributed by atoms with Crippen LogP contribution in [0.4, 0.5) is 0 Å². The van der Waals surface area contributed by atoms with Crippen molar-refractivity contribution in [1.82, 2.24) is 10.3 Å². The molecule has 0 spiro atoms. The van der Waals surface area contributed by atoms with E-state index in [1.807, 2.05) is 0 Å². The third-order valence-electron chi connectivity index (χ3n) is 3.47. The molecule has 0 fully saturated rings. The van der Waals surface area contributed by atoms with Crippen LogP contribution in [0.5, 0.6) is 0 Å². The summed E-state index contributed by atoms with van der Waals surface area (Å²) < 4.78 is 0. The number of allylic oxidation sites excluding steroid dienone is 1. The van der Waals surface area contributed by atoms with E-state index in [-0.39, 0.29) is 0 Å². The van der Waals surface area contributed by atoms with Crippen LogP contribution in [-0.4, -0.2) is 23.3 Å². The number of aryl methyl sites for hydroxylation is 1. The lowest BCUT2D eigenvalue weighted by atomic mass is 9.93. The van der Waals surface area contributed by atoms with Crippen LogP contribution in [0.3, 0.4) is 0 Å². The van der Waals surface area contributed by atoms with Gasteiger partial charge in [-0.1, -0.05) is 39.7 Å². The average molecular weight is 337 g/mol. The second-order valence-corrected chi connectivity index (χ2v) is 7.06. The molecule has 1 aliphatic carbocycles.